The van der Waals surface area contributed by atoms with Gasteiger partial charge in [-0.15, -0.1) is 0 Å². The molecule has 0 saturated carbocycles. The molecule has 0 aromatic heterocycles. The highest BCUT2D eigenvalue weighted by molar-refractivity contribution is 5.83. The van der Waals surface area contributed by atoms with Crippen molar-refractivity contribution in [3.05, 3.63) is 41.5 Å². The number of hydrogen-bond acceptors (Lipinski definition) is 4. The van der Waals surface area contributed by atoms with Crippen LogP contribution in [0.25, 0.3) is 0 Å². The molecule has 1 heterocycles. The summed E-state index contributed by atoms with van der Waals surface area (Å²) in [5.74, 6) is 1.22. The number of methoxy groups -OCH3 is 1. The lowest BCUT2D eigenvalue weighted by Crippen LogP contribution is -2.54. The summed E-state index contributed by atoms with van der Waals surface area (Å²) < 4.78 is 10.8. The number of carbonyl (C=O) groups excluding carboxylic acids is 2. The van der Waals surface area contributed by atoms with Gasteiger partial charge in [0.2, 0.25) is 5.91 Å². The molecular formula is C26H38N2O4. The third-order valence-electron chi connectivity index (χ3n) is 6.80. The van der Waals surface area contributed by atoms with Crippen LogP contribution in [0.5, 0.6) is 5.75 Å². The Morgan fingerprint density at radius 3 is 2.47 bits per heavy atom. The maximum Gasteiger partial charge on any atom is 0.410 e. The van der Waals surface area contributed by atoms with E-state index >= 15 is 0 Å². The van der Waals surface area contributed by atoms with E-state index in [-0.39, 0.29) is 12.0 Å². The van der Waals surface area contributed by atoms with E-state index in [1.54, 1.807) is 12.0 Å². The summed E-state index contributed by atoms with van der Waals surface area (Å²) in [4.78, 5) is 27.9. The van der Waals surface area contributed by atoms with Gasteiger partial charge in [0.05, 0.1) is 12.5 Å². The zero-order valence-electron chi connectivity index (χ0n) is 20.2. The predicted molar refractivity (Wildman–Crippen MR) is 126 cm³/mol. The molecule has 3 rings (SSSR count). The highest BCUT2D eigenvalue weighted by Gasteiger charge is 2.48. The summed E-state index contributed by atoms with van der Waals surface area (Å²) in [6.45, 7) is 9.25. The molecule has 1 aromatic carbocycles. The van der Waals surface area contributed by atoms with Gasteiger partial charge in [-0.2, -0.15) is 0 Å². The minimum atomic E-state index is -0.520. The smallest absolute Gasteiger partial charge is 0.410 e. The molecular weight excluding hydrogens is 404 g/mol. The molecule has 6 nitrogen and oxygen atoms in total. The van der Waals surface area contributed by atoms with Gasteiger partial charge in [0.15, 0.2) is 0 Å². The Morgan fingerprint density at radius 1 is 1.19 bits per heavy atom. The van der Waals surface area contributed by atoms with Gasteiger partial charge in [0.25, 0.3) is 0 Å². The Kier molecular flexibility index (Phi) is 7.52. The average molecular weight is 443 g/mol. The molecule has 1 fully saturated rings. The van der Waals surface area contributed by atoms with Crippen LogP contribution in [0, 0.1) is 18.3 Å². The second-order valence-electron chi connectivity index (χ2n) is 10.1. The standard InChI is InChI=1S/C26H38N2O4/c1-19-17-22(31-5)12-11-20(19)18-27-23(29)26(21-9-7-6-8-10-21)13-15-28(16-14-26)24(30)32-25(2,3)4/h6-7,11-12,17,21H,8-10,13-16,18H2,1-5H3,(H,27,29). The largest absolute Gasteiger partial charge is 0.497 e. The number of amides is 2. The first-order valence-corrected chi connectivity index (χ1v) is 11.7. The van der Waals surface area contributed by atoms with Gasteiger partial charge in [0.1, 0.15) is 11.4 Å². The van der Waals surface area contributed by atoms with Gasteiger partial charge in [-0.1, -0.05) is 18.2 Å². The van der Waals surface area contributed by atoms with Gasteiger partial charge in [-0.3, -0.25) is 4.79 Å². The van der Waals surface area contributed by atoms with Crippen molar-refractivity contribution in [3.63, 3.8) is 0 Å². The van der Waals surface area contributed by atoms with Crippen LogP contribution in [0.3, 0.4) is 0 Å². The fourth-order valence-corrected chi connectivity index (χ4v) is 4.88. The summed E-state index contributed by atoms with van der Waals surface area (Å²) in [5.41, 5.74) is 1.21. The Labute approximate surface area is 192 Å². The topological polar surface area (TPSA) is 67.9 Å². The number of allylic oxidation sites excluding steroid dienone is 2. The predicted octanol–water partition coefficient (Wildman–Crippen LogP) is 4.99. The van der Waals surface area contributed by atoms with E-state index in [9.17, 15) is 9.59 Å². The van der Waals surface area contributed by atoms with Gasteiger partial charge >= 0.3 is 6.09 Å². The number of likely N-dealkylation sites (tertiary alicyclic amines) is 1. The van der Waals surface area contributed by atoms with Crippen LogP contribution in [-0.2, 0) is 16.1 Å². The number of ether oxygens (including phenoxy) is 2. The van der Waals surface area contributed by atoms with Crippen molar-refractivity contribution in [3.8, 4) is 5.75 Å². The lowest BCUT2D eigenvalue weighted by Gasteiger charge is -2.46. The van der Waals surface area contributed by atoms with E-state index in [0.717, 1.165) is 36.1 Å². The molecule has 176 valence electrons. The zero-order valence-corrected chi connectivity index (χ0v) is 20.2. The molecule has 1 atom stereocenters. The van der Waals surface area contributed by atoms with Gasteiger partial charge < -0.3 is 19.7 Å². The number of aryl methyl sites for hydroxylation is 1. The highest BCUT2D eigenvalue weighted by atomic mass is 16.6. The van der Waals surface area contributed by atoms with E-state index < -0.39 is 11.0 Å². The van der Waals surface area contributed by atoms with Crippen molar-refractivity contribution in [2.24, 2.45) is 11.3 Å². The minimum absolute atomic E-state index is 0.108. The summed E-state index contributed by atoms with van der Waals surface area (Å²) in [6.07, 6.45) is 8.39. The first-order chi connectivity index (χ1) is 15.1. The molecule has 1 saturated heterocycles. The van der Waals surface area contributed by atoms with Crippen LogP contribution in [0.2, 0.25) is 0 Å². The number of nitrogens with one attached hydrogen (secondary N) is 1. The Balaban J connectivity index is 1.71. The fourth-order valence-electron chi connectivity index (χ4n) is 4.88. The molecule has 32 heavy (non-hydrogen) atoms. The number of benzene rings is 1. The molecule has 0 spiro atoms. The van der Waals surface area contributed by atoms with Crippen LogP contribution in [-0.4, -0.2) is 42.7 Å². The maximum atomic E-state index is 13.6. The summed E-state index contributed by atoms with van der Waals surface area (Å²) >= 11 is 0. The van der Waals surface area contributed by atoms with Crippen molar-refractivity contribution >= 4 is 12.0 Å². The Bertz CT molecular complexity index is 848. The number of carbonyl (C=O) groups is 2. The number of piperidine rings is 1. The van der Waals surface area contributed by atoms with Gasteiger partial charge in [0, 0.05) is 19.6 Å². The Morgan fingerprint density at radius 2 is 1.91 bits per heavy atom. The average Bonchev–Trinajstić information content (AvgIpc) is 2.77. The molecule has 1 unspecified atom stereocenters. The van der Waals surface area contributed by atoms with Crippen LogP contribution < -0.4 is 10.1 Å². The summed E-state index contributed by atoms with van der Waals surface area (Å²) in [7, 11) is 1.65. The van der Waals surface area contributed by atoms with Crippen LogP contribution in [0.15, 0.2) is 30.4 Å². The summed E-state index contributed by atoms with van der Waals surface area (Å²) in [6, 6.07) is 5.92. The van der Waals surface area contributed by atoms with Crippen molar-refractivity contribution in [1.82, 2.24) is 10.2 Å². The molecule has 0 radical (unpaired) electrons. The molecule has 0 bridgehead atoms. The Hall–Kier alpha value is -2.50. The number of nitrogens with zero attached hydrogens (tertiary/aromatic N) is 1. The highest BCUT2D eigenvalue weighted by Crippen LogP contribution is 2.45. The first kappa shape index (κ1) is 24.1. The van der Waals surface area contributed by atoms with E-state index in [1.807, 2.05) is 45.9 Å². The van der Waals surface area contributed by atoms with E-state index in [0.29, 0.717) is 38.4 Å². The quantitative estimate of drug-likeness (QED) is 0.652. The van der Waals surface area contributed by atoms with E-state index in [1.165, 1.54) is 0 Å². The first-order valence-electron chi connectivity index (χ1n) is 11.7. The van der Waals surface area contributed by atoms with Crippen LogP contribution >= 0.6 is 0 Å². The minimum Gasteiger partial charge on any atom is -0.497 e. The molecule has 1 N–H and O–H groups in total. The third-order valence-corrected chi connectivity index (χ3v) is 6.80. The maximum absolute atomic E-state index is 13.6. The van der Waals surface area contributed by atoms with Crippen LogP contribution in [0.1, 0.15) is 64.0 Å². The SMILES string of the molecule is COc1ccc(CNC(=O)C2(C3CC=CCC3)CCN(C(=O)OC(C)(C)C)CC2)c(C)c1. The lowest BCUT2D eigenvalue weighted by atomic mass is 9.64. The van der Waals surface area contributed by atoms with E-state index in [4.69, 9.17) is 9.47 Å². The molecule has 6 heteroatoms. The van der Waals surface area contributed by atoms with Crippen molar-refractivity contribution in [1.29, 1.82) is 0 Å². The second kappa shape index (κ2) is 9.97. The molecule has 2 aliphatic rings. The lowest BCUT2D eigenvalue weighted by molar-refractivity contribution is -0.138. The molecule has 1 aromatic rings. The third kappa shape index (κ3) is 5.64. The summed E-state index contributed by atoms with van der Waals surface area (Å²) in [5, 5.41) is 3.23. The normalized spacial score (nSPS) is 20.5. The van der Waals surface area contributed by atoms with Crippen molar-refractivity contribution in [2.75, 3.05) is 20.2 Å². The van der Waals surface area contributed by atoms with Gasteiger partial charge in [-0.05, 0) is 89.0 Å². The fraction of sp³-hybridized carbons (Fsp3) is 0.615. The van der Waals surface area contributed by atoms with Crippen molar-refractivity contribution in [2.45, 2.75) is 71.9 Å². The second-order valence-corrected chi connectivity index (χ2v) is 10.1. The molecule has 1 aliphatic carbocycles. The number of hydrogen-bond donors (Lipinski definition) is 1. The number of rotatable bonds is 5. The van der Waals surface area contributed by atoms with Crippen molar-refractivity contribution < 1.29 is 19.1 Å². The molecule has 1 aliphatic heterocycles. The van der Waals surface area contributed by atoms with Gasteiger partial charge in [-0.25, -0.2) is 4.79 Å². The van der Waals surface area contributed by atoms with Crippen LogP contribution in [0.4, 0.5) is 4.79 Å². The molecule has 2 amide bonds. The zero-order chi connectivity index (χ0) is 23.4. The van der Waals surface area contributed by atoms with E-state index in [2.05, 4.69) is 17.5 Å². The monoisotopic (exact) mass is 442 g/mol.